The first-order valence-electron chi connectivity index (χ1n) is 11.6. The molecular formula is C23H33N5O3. The van der Waals surface area contributed by atoms with Crippen LogP contribution in [0.3, 0.4) is 0 Å². The molecule has 4 saturated carbocycles. The molecule has 5 aliphatic rings. The van der Waals surface area contributed by atoms with E-state index in [4.69, 9.17) is 5.73 Å². The number of nitrogens with two attached hydrogens (primary N) is 1. The van der Waals surface area contributed by atoms with Gasteiger partial charge in [0.1, 0.15) is 11.5 Å². The molecule has 6 rings (SSSR count). The minimum Gasteiger partial charge on any atom is -0.390 e. The number of anilines is 1. The summed E-state index contributed by atoms with van der Waals surface area (Å²) in [5.74, 6) is 1.84. The van der Waals surface area contributed by atoms with Crippen molar-refractivity contribution in [1.29, 1.82) is 0 Å². The number of aromatic nitrogens is 1. The van der Waals surface area contributed by atoms with E-state index in [1.54, 1.807) is 6.07 Å². The Hall–Kier alpha value is -2.19. The van der Waals surface area contributed by atoms with Crippen LogP contribution in [0.2, 0.25) is 0 Å². The Labute approximate surface area is 183 Å². The number of hydrogen-bond donors (Lipinski definition) is 3. The van der Waals surface area contributed by atoms with Gasteiger partial charge < -0.3 is 21.1 Å². The molecule has 8 nitrogen and oxygen atoms in total. The monoisotopic (exact) mass is 427 g/mol. The van der Waals surface area contributed by atoms with E-state index >= 15 is 0 Å². The zero-order chi connectivity index (χ0) is 21.6. The average molecular weight is 428 g/mol. The zero-order valence-electron chi connectivity index (χ0n) is 18.0. The van der Waals surface area contributed by atoms with Crippen molar-refractivity contribution in [3.63, 3.8) is 0 Å². The number of rotatable bonds is 6. The standard InChI is InChI=1S/C23H33N5O3/c24-19(29)4-5-27-6-8-28(9-7-27)20-3-1-2-18(25-20)22(30)26-21-16-10-15-11-17(21)14-23(31,12-15)13-16/h1-3,15-17,21,31H,4-14H2,(H2,24,29)(H,26,30)/t15?,16?,17?,21-,23-. The highest BCUT2D eigenvalue weighted by Crippen LogP contribution is 2.55. The fourth-order valence-electron chi connectivity index (χ4n) is 6.64. The first-order valence-corrected chi connectivity index (χ1v) is 11.6. The number of primary amides is 1. The summed E-state index contributed by atoms with van der Waals surface area (Å²) in [5.41, 5.74) is 5.22. The van der Waals surface area contributed by atoms with Crippen LogP contribution in [0.15, 0.2) is 18.2 Å². The molecule has 168 valence electrons. The van der Waals surface area contributed by atoms with E-state index < -0.39 is 5.60 Å². The van der Waals surface area contributed by atoms with Crippen molar-refractivity contribution in [2.24, 2.45) is 23.5 Å². The molecular weight excluding hydrogens is 394 g/mol. The van der Waals surface area contributed by atoms with E-state index in [-0.39, 0.29) is 17.9 Å². The molecule has 2 amide bonds. The summed E-state index contributed by atoms with van der Waals surface area (Å²) < 4.78 is 0. The molecule has 1 aliphatic heterocycles. The Balaban J connectivity index is 1.20. The molecule has 2 atom stereocenters. The number of nitrogens with one attached hydrogen (secondary N) is 1. The first-order chi connectivity index (χ1) is 14.9. The van der Waals surface area contributed by atoms with Crippen LogP contribution in [-0.4, -0.2) is 71.2 Å². The largest absolute Gasteiger partial charge is 0.390 e. The molecule has 4 aliphatic carbocycles. The van der Waals surface area contributed by atoms with Crippen molar-refractivity contribution in [2.75, 3.05) is 37.6 Å². The molecule has 2 heterocycles. The highest BCUT2D eigenvalue weighted by Gasteiger charge is 2.55. The second-order valence-electron chi connectivity index (χ2n) is 10.1. The number of aliphatic hydroxyl groups is 1. The molecule has 31 heavy (non-hydrogen) atoms. The number of amides is 2. The van der Waals surface area contributed by atoms with Crippen LogP contribution in [-0.2, 0) is 4.79 Å². The van der Waals surface area contributed by atoms with Crippen LogP contribution in [0.5, 0.6) is 0 Å². The van der Waals surface area contributed by atoms with Gasteiger partial charge in [-0.05, 0) is 62.0 Å². The highest BCUT2D eigenvalue weighted by atomic mass is 16.3. The predicted octanol–water partition coefficient (Wildman–Crippen LogP) is 0.748. The molecule has 0 spiro atoms. The molecule has 0 radical (unpaired) electrons. The SMILES string of the molecule is NC(=O)CCN1CCN(c2cccc(C(=O)N[C@H]3C4CC5CC3C[C@](O)(C5)C4)n2)CC1. The number of hydrogen-bond acceptors (Lipinski definition) is 6. The van der Waals surface area contributed by atoms with Gasteiger partial charge in [0.25, 0.3) is 5.91 Å². The number of piperazine rings is 1. The Bertz CT molecular complexity index is 837. The van der Waals surface area contributed by atoms with Crippen LogP contribution < -0.4 is 16.0 Å². The summed E-state index contributed by atoms with van der Waals surface area (Å²) in [4.78, 5) is 33.1. The highest BCUT2D eigenvalue weighted by molar-refractivity contribution is 5.93. The van der Waals surface area contributed by atoms with Gasteiger partial charge in [0.15, 0.2) is 0 Å². The lowest BCUT2D eigenvalue weighted by Gasteiger charge is -2.58. The molecule has 1 aromatic rings. The lowest BCUT2D eigenvalue weighted by Crippen LogP contribution is -2.61. The summed E-state index contributed by atoms with van der Waals surface area (Å²) in [6.45, 7) is 4.01. The quantitative estimate of drug-likeness (QED) is 0.618. The first kappa shape index (κ1) is 20.7. The van der Waals surface area contributed by atoms with Crippen molar-refractivity contribution in [2.45, 2.75) is 50.2 Å². The number of pyridine rings is 1. The third-order valence-electron chi connectivity index (χ3n) is 7.88. The third-order valence-corrected chi connectivity index (χ3v) is 7.88. The van der Waals surface area contributed by atoms with Crippen molar-refractivity contribution in [1.82, 2.24) is 15.2 Å². The van der Waals surface area contributed by atoms with Gasteiger partial charge in [-0.3, -0.25) is 14.5 Å². The van der Waals surface area contributed by atoms with E-state index in [9.17, 15) is 14.7 Å². The Kier molecular flexibility index (Phi) is 5.38. The van der Waals surface area contributed by atoms with Gasteiger partial charge in [-0.1, -0.05) is 6.07 Å². The third kappa shape index (κ3) is 4.28. The topological polar surface area (TPSA) is 112 Å². The molecule has 5 fully saturated rings. The van der Waals surface area contributed by atoms with Gasteiger partial charge >= 0.3 is 0 Å². The Morgan fingerprint density at radius 3 is 2.48 bits per heavy atom. The number of nitrogens with zero attached hydrogens (tertiary/aromatic N) is 3. The maximum Gasteiger partial charge on any atom is 0.270 e. The number of carbonyl (C=O) groups is 2. The molecule has 4 bridgehead atoms. The van der Waals surface area contributed by atoms with Gasteiger partial charge in [0, 0.05) is 45.2 Å². The lowest BCUT2D eigenvalue weighted by atomic mass is 9.52. The molecule has 0 aromatic carbocycles. The van der Waals surface area contributed by atoms with E-state index in [2.05, 4.69) is 20.1 Å². The maximum absolute atomic E-state index is 13.0. The second-order valence-corrected chi connectivity index (χ2v) is 10.1. The van der Waals surface area contributed by atoms with Gasteiger partial charge in [-0.15, -0.1) is 0 Å². The van der Waals surface area contributed by atoms with Gasteiger partial charge in [0.2, 0.25) is 5.91 Å². The van der Waals surface area contributed by atoms with Crippen molar-refractivity contribution in [3.8, 4) is 0 Å². The Morgan fingerprint density at radius 1 is 1.13 bits per heavy atom. The van der Waals surface area contributed by atoms with Gasteiger partial charge in [-0.2, -0.15) is 0 Å². The zero-order valence-corrected chi connectivity index (χ0v) is 18.0. The van der Waals surface area contributed by atoms with E-state index in [1.165, 1.54) is 0 Å². The average Bonchev–Trinajstić information content (AvgIpc) is 2.74. The molecule has 1 saturated heterocycles. The summed E-state index contributed by atoms with van der Waals surface area (Å²) in [6.07, 6.45) is 5.21. The maximum atomic E-state index is 13.0. The normalized spacial score (nSPS) is 34.7. The van der Waals surface area contributed by atoms with Crippen molar-refractivity contribution in [3.05, 3.63) is 23.9 Å². The second kappa shape index (κ2) is 8.06. The lowest BCUT2D eigenvalue weighted by molar-refractivity contribution is -0.137. The molecule has 4 N–H and O–H groups in total. The van der Waals surface area contributed by atoms with Crippen LogP contribution >= 0.6 is 0 Å². The smallest absolute Gasteiger partial charge is 0.270 e. The van der Waals surface area contributed by atoms with E-state index in [0.717, 1.165) is 64.1 Å². The molecule has 1 aromatic heterocycles. The summed E-state index contributed by atoms with van der Waals surface area (Å²) in [5, 5.41) is 14.1. The van der Waals surface area contributed by atoms with Crippen LogP contribution in [0.4, 0.5) is 5.82 Å². The van der Waals surface area contributed by atoms with Crippen molar-refractivity contribution < 1.29 is 14.7 Å². The molecule has 8 heteroatoms. The summed E-state index contributed by atoms with van der Waals surface area (Å²) >= 11 is 0. The van der Waals surface area contributed by atoms with Gasteiger partial charge in [-0.25, -0.2) is 4.98 Å². The van der Waals surface area contributed by atoms with E-state index in [0.29, 0.717) is 36.4 Å². The summed E-state index contributed by atoms with van der Waals surface area (Å²) in [6, 6.07) is 5.79. The summed E-state index contributed by atoms with van der Waals surface area (Å²) in [7, 11) is 0. The molecule has 2 unspecified atom stereocenters. The minimum absolute atomic E-state index is 0.105. The minimum atomic E-state index is -0.491. The van der Waals surface area contributed by atoms with Crippen LogP contribution in [0.1, 0.15) is 49.0 Å². The fourth-order valence-corrected chi connectivity index (χ4v) is 6.64. The number of carbonyl (C=O) groups excluding carboxylic acids is 2. The van der Waals surface area contributed by atoms with E-state index in [1.807, 2.05) is 12.1 Å². The van der Waals surface area contributed by atoms with Crippen molar-refractivity contribution >= 4 is 17.6 Å². The van der Waals surface area contributed by atoms with Crippen LogP contribution in [0, 0.1) is 17.8 Å². The Morgan fingerprint density at radius 2 is 1.84 bits per heavy atom. The van der Waals surface area contributed by atoms with Gasteiger partial charge in [0.05, 0.1) is 5.60 Å². The predicted molar refractivity (Wildman–Crippen MR) is 116 cm³/mol. The van der Waals surface area contributed by atoms with Crippen LogP contribution in [0.25, 0.3) is 0 Å². The fraction of sp³-hybridized carbons (Fsp3) is 0.696.